The number of nitrogens with two attached hydrogens (primary N) is 1. The van der Waals surface area contributed by atoms with E-state index in [0.29, 0.717) is 18.8 Å². The van der Waals surface area contributed by atoms with Crippen molar-refractivity contribution >= 4 is 24.8 Å². The maximum Gasteiger partial charge on any atom is 0.119 e. The van der Waals surface area contributed by atoms with E-state index in [0.717, 1.165) is 38.4 Å². The van der Waals surface area contributed by atoms with Crippen LogP contribution in [-0.2, 0) is 11.2 Å². The predicted molar refractivity (Wildman–Crippen MR) is 95.6 cm³/mol. The molecule has 1 heterocycles. The lowest BCUT2D eigenvalue weighted by Crippen LogP contribution is -2.46. The Balaban J connectivity index is 0.00000220. The summed E-state index contributed by atoms with van der Waals surface area (Å²) in [5.74, 6) is 0.931. The molecule has 1 aliphatic heterocycles. The summed E-state index contributed by atoms with van der Waals surface area (Å²) in [7, 11) is 0. The molecule has 6 heteroatoms. The zero-order valence-electron chi connectivity index (χ0n) is 13.4. The molecule has 1 aliphatic rings. The van der Waals surface area contributed by atoms with Gasteiger partial charge >= 0.3 is 0 Å². The Morgan fingerprint density at radius 1 is 1.14 bits per heavy atom. The number of rotatable bonds is 6. The van der Waals surface area contributed by atoms with Crippen molar-refractivity contribution in [1.29, 1.82) is 0 Å². The van der Waals surface area contributed by atoms with Crippen LogP contribution >= 0.6 is 24.8 Å². The molecule has 4 nitrogen and oxygen atoms in total. The first-order chi connectivity index (χ1) is 9.67. The van der Waals surface area contributed by atoms with Crippen LogP contribution < -0.4 is 10.5 Å². The lowest BCUT2D eigenvalue weighted by Gasteiger charge is -2.35. The van der Waals surface area contributed by atoms with Crippen LogP contribution in [0.2, 0.25) is 0 Å². The van der Waals surface area contributed by atoms with Gasteiger partial charge in [-0.1, -0.05) is 12.1 Å². The summed E-state index contributed by atoms with van der Waals surface area (Å²) >= 11 is 0. The molecule has 0 aliphatic carbocycles. The van der Waals surface area contributed by atoms with Gasteiger partial charge in [-0.25, -0.2) is 0 Å². The molecular formula is C16H28Cl2N2O2. The number of hydrogen-bond acceptors (Lipinski definition) is 4. The number of ether oxygens (including phenoxy) is 2. The van der Waals surface area contributed by atoms with Crippen LogP contribution in [0, 0.1) is 0 Å². The molecule has 0 bridgehead atoms. The summed E-state index contributed by atoms with van der Waals surface area (Å²) < 4.78 is 11.5. The Morgan fingerprint density at radius 2 is 1.73 bits per heavy atom. The SMILES string of the molecule is CC1CN(CCOc2ccc(CCN)cc2)CC(C)O1.Cl.Cl. The molecule has 0 spiro atoms. The average molecular weight is 351 g/mol. The Morgan fingerprint density at radius 3 is 2.27 bits per heavy atom. The highest BCUT2D eigenvalue weighted by molar-refractivity contribution is 5.85. The van der Waals surface area contributed by atoms with Gasteiger partial charge in [-0.15, -0.1) is 24.8 Å². The van der Waals surface area contributed by atoms with E-state index in [9.17, 15) is 0 Å². The van der Waals surface area contributed by atoms with Crippen molar-refractivity contribution < 1.29 is 9.47 Å². The first-order valence-electron chi connectivity index (χ1n) is 7.47. The molecule has 0 aromatic heterocycles. The standard InChI is InChI=1S/C16H26N2O2.2ClH/c1-13-11-18(12-14(2)20-13)9-10-19-16-5-3-15(4-6-16)7-8-17;;/h3-6,13-14H,7-12,17H2,1-2H3;2*1H. The molecular weight excluding hydrogens is 323 g/mol. The highest BCUT2D eigenvalue weighted by atomic mass is 35.5. The fourth-order valence-electron chi connectivity index (χ4n) is 2.68. The molecule has 1 aromatic carbocycles. The topological polar surface area (TPSA) is 47.7 Å². The van der Waals surface area contributed by atoms with Crippen LogP contribution in [0.5, 0.6) is 5.75 Å². The molecule has 1 aromatic rings. The zero-order valence-corrected chi connectivity index (χ0v) is 15.0. The fourth-order valence-corrected chi connectivity index (χ4v) is 2.68. The molecule has 2 atom stereocenters. The molecule has 0 amide bonds. The minimum Gasteiger partial charge on any atom is -0.492 e. The van der Waals surface area contributed by atoms with Crippen LogP contribution in [-0.4, -0.2) is 49.9 Å². The molecule has 2 unspecified atom stereocenters. The molecule has 1 fully saturated rings. The van der Waals surface area contributed by atoms with Crippen LogP contribution in [0.4, 0.5) is 0 Å². The highest BCUT2D eigenvalue weighted by Gasteiger charge is 2.21. The Hall–Kier alpha value is -0.520. The van der Waals surface area contributed by atoms with Gasteiger partial charge in [0.25, 0.3) is 0 Å². The molecule has 2 N–H and O–H groups in total. The number of hydrogen-bond donors (Lipinski definition) is 1. The smallest absolute Gasteiger partial charge is 0.119 e. The van der Waals surface area contributed by atoms with Gasteiger partial charge in [-0.05, 0) is 44.5 Å². The monoisotopic (exact) mass is 350 g/mol. The molecule has 0 radical (unpaired) electrons. The van der Waals surface area contributed by atoms with Gasteiger partial charge in [0, 0.05) is 19.6 Å². The fraction of sp³-hybridized carbons (Fsp3) is 0.625. The lowest BCUT2D eigenvalue weighted by atomic mass is 10.1. The van der Waals surface area contributed by atoms with Gasteiger partial charge in [-0.2, -0.15) is 0 Å². The highest BCUT2D eigenvalue weighted by Crippen LogP contribution is 2.13. The molecule has 0 saturated carbocycles. The molecule has 2 rings (SSSR count). The van der Waals surface area contributed by atoms with Crippen LogP contribution in [0.25, 0.3) is 0 Å². The van der Waals surface area contributed by atoms with Crippen molar-refractivity contribution in [2.45, 2.75) is 32.5 Å². The molecule has 22 heavy (non-hydrogen) atoms. The normalized spacial score (nSPS) is 21.6. The Kier molecular flexibility index (Phi) is 10.8. The lowest BCUT2D eigenvalue weighted by molar-refractivity contribution is -0.0699. The van der Waals surface area contributed by atoms with Crippen molar-refractivity contribution in [2.24, 2.45) is 5.73 Å². The number of nitrogens with zero attached hydrogens (tertiary/aromatic N) is 1. The number of morpholine rings is 1. The van der Waals surface area contributed by atoms with Gasteiger partial charge in [0.15, 0.2) is 0 Å². The third-order valence-electron chi connectivity index (χ3n) is 3.53. The van der Waals surface area contributed by atoms with Crippen molar-refractivity contribution in [1.82, 2.24) is 4.90 Å². The third kappa shape index (κ3) is 7.16. The minimum absolute atomic E-state index is 0. The summed E-state index contributed by atoms with van der Waals surface area (Å²) in [5, 5.41) is 0. The van der Waals surface area contributed by atoms with E-state index >= 15 is 0 Å². The second kappa shape index (κ2) is 11.1. The van der Waals surface area contributed by atoms with Crippen molar-refractivity contribution in [3.05, 3.63) is 29.8 Å². The zero-order chi connectivity index (χ0) is 14.4. The minimum atomic E-state index is 0. The third-order valence-corrected chi connectivity index (χ3v) is 3.53. The number of benzene rings is 1. The van der Waals surface area contributed by atoms with Crippen molar-refractivity contribution in [3.63, 3.8) is 0 Å². The maximum atomic E-state index is 5.80. The maximum absolute atomic E-state index is 5.80. The Bertz CT molecular complexity index is 394. The van der Waals surface area contributed by atoms with Crippen LogP contribution in [0.1, 0.15) is 19.4 Å². The van der Waals surface area contributed by atoms with Crippen molar-refractivity contribution in [2.75, 3.05) is 32.8 Å². The summed E-state index contributed by atoms with van der Waals surface area (Å²) in [4.78, 5) is 2.40. The number of halogens is 2. The quantitative estimate of drug-likeness (QED) is 0.856. The van der Waals surface area contributed by atoms with E-state index in [1.165, 1.54) is 5.56 Å². The van der Waals surface area contributed by atoms with Gasteiger partial charge in [0.2, 0.25) is 0 Å². The predicted octanol–water partition coefficient (Wildman–Crippen LogP) is 2.52. The second-order valence-corrected chi connectivity index (χ2v) is 5.55. The van der Waals surface area contributed by atoms with Gasteiger partial charge in [0.1, 0.15) is 12.4 Å². The molecule has 1 saturated heterocycles. The van der Waals surface area contributed by atoms with E-state index in [4.69, 9.17) is 15.2 Å². The largest absolute Gasteiger partial charge is 0.492 e. The summed E-state index contributed by atoms with van der Waals surface area (Å²) in [5.41, 5.74) is 6.80. The van der Waals surface area contributed by atoms with Crippen molar-refractivity contribution in [3.8, 4) is 5.75 Å². The van der Waals surface area contributed by atoms with E-state index in [1.54, 1.807) is 0 Å². The van der Waals surface area contributed by atoms with Gasteiger partial charge in [0.05, 0.1) is 12.2 Å². The summed E-state index contributed by atoms with van der Waals surface area (Å²) in [6.07, 6.45) is 1.55. The summed E-state index contributed by atoms with van der Waals surface area (Å²) in [6.45, 7) is 8.58. The van der Waals surface area contributed by atoms with Crippen LogP contribution in [0.3, 0.4) is 0 Å². The van der Waals surface area contributed by atoms with Crippen LogP contribution in [0.15, 0.2) is 24.3 Å². The van der Waals surface area contributed by atoms with Gasteiger partial charge in [-0.3, -0.25) is 4.90 Å². The summed E-state index contributed by atoms with van der Waals surface area (Å²) in [6, 6.07) is 8.22. The molecule has 128 valence electrons. The van der Waals surface area contributed by atoms with Gasteiger partial charge < -0.3 is 15.2 Å². The van der Waals surface area contributed by atoms with E-state index in [-0.39, 0.29) is 24.8 Å². The van der Waals surface area contributed by atoms with E-state index < -0.39 is 0 Å². The Labute approximate surface area is 146 Å². The first-order valence-corrected chi connectivity index (χ1v) is 7.47. The average Bonchev–Trinajstić information content (AvgIpc) is 2.40. The van der Waals surface area contributed by atoms with E-state index in [2.05, 4.69) is 30.9 Å². The second-order valence-electron chi connectivity index (χ2n) is 5.55. The van der Waals surface area contributed by atoms with E-state index in [1.807, 2.05) is 12.1 Å². The first kappa shape index (κ1) is 21.5.